The lowest BCUT2D eigenvalue weighted by Gasteiger charge is -2.36. The van der Waals surface area contributed by atoms with E-state index in [-0.39, 0.29) is 30.1 Å². The van der Waals surface area contributed by atoms with Crippen LogP contribution in [0, 0.1) is 5.92 Å². The number of hydrogen-bond acceptors (Lipinski definition) is 3. The number of piperidine rings is 1. The molecule has 3 heterocycles. The normalized spacial score (nSPS) is 35.3. The van der Waals surface area contributed by atoms with Gasteiger partial charge in [-0.2, -0.15) is 0 Å². The molecule has 4 atom stereocenters. The van der Waals surface area contributed by atoms with Gasteiger partial charge in [0, 0.05) is 31.8 Å². The molecular formula is C15H24N2O4. The minimum Gasteiger partial charge on any atom is -0.481 e. The molecule has 4 unspecified atom stereocenters. The molecule has 21 heavy (non-hydrogen) atoms. The van der Waals surface area contributed by atoms with E-state index >= 15 is 0 Å². The average Bonchev–Trinajstić information content (AvgIpc) is 3.05. The lowest BCUT2D eigenvalue weighted by atomic mass is 9.89. The van der Waals surface area contributed by atoms with Gasteiger partial charge in [0.15, 0.2) is 0 Å². The van der Waals surface area contributed by atoms with Gasteiger partial charge in [-0.3, -0.25) is 4.79 Å². The highest BCUT2D eigenvalue weighted by Gasteiger charge is 2.52. The molecule has 0 aromatic carbocycles. The summed E-state index contributed by atoms with van der Waals surface area (Å²) in [6.45, 7) is 4.04. The van der Waals surface area contributed by atoms with Crippen molar-refractivity contribution in [3.8, 4) is 0 Å². The molecule has 0 saturated carbocycles. The van der Waals surface area contributed by atoms with Gasteiger partial charge in [0.2, 0.25) is 0 Å². The van der Waals surface area contributed by atoms with Crippen LogP contribution in [0.3, 0.4) is 0 Å². The van der Waals surface area contributed by atoms with Gasteiger partial charge in [0.05, 0.1) is 12.0 Å². The molecule has 3 fully saturated rings. The molecule has 3 rings (SSSR count). The monoisotopic (exact) mass is 296 g/mol. The molecule has 0 aromatic rings. The van der Waals surface area contributed by atoms with Crippen molar-refractivity contribution in [1.29, 1.82) is 0 Å². The average molecular weight is 296 g/mol. The molecule has 3 aliphatic rings. The Bertz CT molecular complexity index is 426. The molecule has 2 bridgehead atoms. The number of amides is 2. The molecule has 0 radical (unpaired) electrons. The third-order valence-corrected chi connectivity index (χ3v) is 5.13. The van der Waals surface area contributed by atoms with Crippen LogP contribution in [-0.2, 0) is 9.53 Å². The van der Waals surface area contributed by atoms with Gasteiger partial charge in [0.25, 0.3) is 0 Å². The fourth-order valence-electron chi connectivity index (χ4n) is 4.20. The lowest BCUT2D eigenvalue weighted by molar-refractivity contribution is -0.142. The third-order valence-electron chi connectivity index (χ3n) is 5.13. The topological polar surface area (TPSA) is 70.1 Å². The van der Waals surface area contributed by atoms with Crippen LogP contribution >= 0.6 is 0 Å². The predicted molar refractivity (Wildman–Crippen MR) is 76.0 cm³/mol. The summed E-state index contributed by atoms with van der Waals surface area (Å²) in [6, 6.07) is 0.0409. The first-order chi connectivity index (χ1) is 10.1. The number of likely N-dealkylation sites (tertiary alicyclic amines) is 1. The Morgan fingerprint density at radius 3 is 2.76 bits per heavy atom. The summed E-state index contributed by atoms with van der Waals surface area (Å²) in [4.78, 5) is 27.8. The van der Waals surface area contributed by atoms with E-state index in [9.17, 15) is 14.7 Å². The molecule has 3 saturated heterocycles. The smallest absolute Gasteiger partial charge is 0.320 e. The number of carbonyl (C=O) groups is 2. The van der Waals surface area contributed by atoms with Gasteiger partial charge < -0.3 is 19.6 Å². The highest BCUT2D eigenvalue weighted by atomic mass is 16.5. The SMILES string of the molecule is CCOC1CCCN(C(=O)N2C3CCC2C(C(=O)O)C3)C1. The van der Waals surface area contributed by atoms with Crippen molar-refractivity contribution >= 4 is 12.0 Å². The van der Waals surface area contributed by atoms with E-state index in [1.54, 1.807) is 0 Å². The van der Waals surface area contributed by atoms with Gasteiger partial charge in [0.1, 0.15) is 0 Å². The van der Waals surface area contributed by atoms with Gasteiger partial charge in [-0.1, -0.05) is 0 Å². The minimum atomic E-state index is -0.758. The maximum Gasteiger partial charge on any atom is 0.320 e. The summed E-state index contributed by atoms with van der Waals surface area (Å²) in [5, 5.41) is 9.29. The highest BCUT2D eigenvalue weighted by Crippen LogP contribution is 2.42. The van der Waals surface area contributed by atoms with E-state index < -0.39 is 5.97 Å². The van der Waals surface area contributed by atoms with Crippen molar-refractivity contribution in [1.82, 2.24) is 9.80 Å². The van der Waals surface area contributed by atoms with Crippen LogP contribution in [-0.4, -0.2) is 64.8 Å². The van der Waals surface area contributed by atoms with Crippen LogP contribution in [0.15, 0.2) is 0 Å². The molecule has 6 heteroatoms. The molecule has 6 nitrogen and oxygen atoms in total. The standard InChI is InChI=1S/C15H24N2O4/c1-2-21-11-4-3-7-16(9-11)15(20)17-10-5-6-13(17)12(8-10)14(18)19/h10-13H,2-9H2,1H3,(H,18,19). The summed E-state index contributed by atoms with van der Waals surface area (Å²) < 4.78 is 5.65. The Kier molecular flexibility index (Phi) is 4.06. The number of carbonyl (C=O) groups excluding carboxylic acids is 1. The Balaban J connectivity index is 1.67. The van der Waals surface area contributed by atoms with E-state index in [4.69, 9.17) is 4.74 Å². The Hall–Kier alpha value is -1.30. The summed E-state index contributed by atoms with van der Waals surface area (Å²) >= 11 is 0. The predicted octanol–water partition coefficient (Wildman–Crippen LogP) is 1.54. The van der Waals surface area contributed by atoms with Crippen molar-refractivity contribution in [3.05, 3.63) is 0 Å². The van der Waals surface area contributed by atoms with Crippen molar-refractivity contribution < 1.29 is 19.4 Å². The van der Waals surface area contributed by atoms with Crippen molar-refractivity contribution in [2.45, 2.75) is 57.2 Å². The van der Waals surface area contributed by atoms with E-state index in [0.29, 0.717) is 19.6 Å². The third kappa shape index (κ3) is 2.61. The van der Waals surface area contributed by atoms with Crippen LogP contribution in [0.4, 0.5) is 4.79 Å². The lowest BCUT2D eigenvalue weighted by Crippen LogP contribution is -2.51. The van der Waals surface area contributed by atoms with Crippen LogP contribution in [0.2, 0.25) is 0 Å². The maximum absolute atomic E-state index is 12.8. The second-order valence-corrected chi connectivity index (χ2v) is 6.33. The first kappa shape index (κ1) is 14.6. The van der Waals surface area contributed by atoms with E-state index in [1.165, 1.54) is 0 Å². The Morgan fingerprint density at radius 1 is 1.29 bits per heavy atom. The number of aliphatic carboxylic acids is 1. The summed E-state index contributed by atoms with van der Waals surface area (Å²) in [5.41, 5.74) is 0. The summed E-state index contributed by atoms with van der Waals surface area (Å²) in [6.07, 6.45) is 4.49. The van der Waals surface area contributed by atoms with Gasteiger partial charge >= 0.3 is 12.0 Å². The Morgan fingerprint density at radius 2 is 2.10 bits per heavy atom. The van der Waals surface area contributed by atoms with Crippen LogP contribution in [0.5, 0.6) is 0 Å². The number of urea groups is 1. The molecule has 2 amide bonds. The quantitative estimate of drug-likeness (QED) is 0.857. The molecule has 1 N–H and O–H groups in total. The molecule has 0 aromatic heterocycles. The van der Waals surface area contributed by atoms with Crippen molar-refractivity contribution in [3.63, 3.8) is 0 Å². The molecule has 0 spiro atoms. The fraction of sp³-hybridized carbons (Fsp3) is 0.867. The number of rotatable bonds is 3. The maximum atomic E-state index is 12.8. The van der Waals surface area contributed by atoms with Crippen molar-refractivity contribution in [2.75, 3.05) is 19.7 Å². The zero-order chi connectivity index (χ0) is 15.0. The first-order valence-electron chi connectivity index (χ1n) is 8.03. The zero-order valence-corrected chi connectivity index (χ0v) is 12.5. The number of nitrogens with zero attached hydrogens (tertiary/aromatic N) is 2. The summed E-state index contributed by atoms with van der Waals surface area (Å²) in [7, 11) is 0. The molecule has 0 aliphatic carbocycles. The number of ether oxygens (including phenoxy) is 1. The van der Waals surface area contributed by atoms with Gasteiger partial charge in [-0.25, -0.2) is 4.79 Å². The second-order valence-electron chi connectivity index (χ2n) is 6.33. The van der Waals surface area contributed by atoms with E-state index in [0.717, 1.165) is 32.2 Å². The molecule has 3 aliphatic heterocycles. The largest absolute Gasteiger partial charge is 0.481 e. The number of hydrogen-bond donors (Lipinski definition) is 1. The zero-order valence-electron chi connectivity index (χ0n) is 12.5. The second kappa shape index (κ2) is 5.83. The van der Waals surface area contributed by atoms with E-state index in [2.05, 4.69) is 0 Å². The fourth-order valence-corrected chi connectivity index (χ4v) is 4.20. The Labute approximate surface area is 125 Å². The first-order valence-corrected chi connectivity index (χ1v) is 8.03. The van der Waals surface area contributed by atoms with E-state index in [1.807, 2.05) is 16.7 Å². The van der Waals surface area contributed by atoms with Crippen LogP contribution in [0.25, 0.3) is 0 Å². The van der Waals surface area contributed by atoms with Crippen molar-refractivity contribution in [2.24, 2.45) is 5.92 Å². The minimum absolute atomic E-state index is 0.0238. The van der Waals surface area contributed by atoms with Crippen LogP contribution < -0.4 is 0 Å². The van der Waals surface area contributed by atoms with Crippen LogP contribution in [0.1, 0.15) is 39.0 Å². The number of carboxylic acid groups (broad SMARTS) is 1. The molecular weight excluding hydrogens is 272 g/mol. The van der Waals surface area contributed by atoms with Gasteiger partial charge in [-0.15, -0.1) is 0 Å². The molecule has 118 valence electrons. The number of fused-ring (bicyclic) bond motifs is 2. The summed E-state index contributed by atoms with van der Waals surface area (Å²) in [5.74, 6) is -1.13. The number of carboxylic acids is 1. The highest BCUT2D eigenvalue weighted by molar-refractivity contribution is 5.79. The van der Waals surface area contributed by atoms with Gasteiger partial charge in [-0.05, 0) is 39.0 Å².